The summed E-state index contributed by atoms with van der Waals surface area (Å²) in [5.74, 6) is 0. The molecule has 0 aliphatic rings. The number of unbranched alkanes of at least 4 members (excludes halogenated alkanes) is 1. The highest BCUT2D eigenvalue weighted by Gasteiger charge is 2.13. The molecule has 0 fully saturated rings. The van der Waals surface area contributed by atoms with Gasteiger partial charge in [0.25, 0.3) is 0 Å². The molecule has 0 bridgehead atoms. The van der Waals surface area contributed by atoms with Crippen LogP contribution >= 0.6 is 11.6 Å². The van der Waals surface area contributed by atoms with Gasteiger partial charge < -0.3 is 10.0 Å². The average Bonchev–Trinajstić information content (AvgIpc) is 2.50. The van der Waals surface area contributed by atoms with Crippen molar-refractivity contribution in [1.29, 1.82) is 0 Å². The lowest BCUT2D eigenvalue weighted by molar-refractivity contribution is 0.199. The Morgan fingerprint density at radius 3 is 2.43 bits per heavy atom. The van der Waals surface area contributed by atoms with Crippen molar-refractivity contribution in [3.05, 3.63) is 59.1 Å². The Labute approximate surface area is 132 Å². The molecule has 0 saturated heterocycles. The van der Waals surface area contributed by atoms with Crippen molar-refractivity contribution in [1.82, 2.24) is 0 Å². The zero-order valence-electron chi connectivity index (χ0n) is 12.6. The first-order valence-corrected chi connectivity index (χ1v) is 7.81. The van der Waals surface area contributed by atoms with E-state index in [-0.39, 0.29) is 0 Å². The second-order valence-electron chi connectivity index (χ2n) is 5.23. The van der Waals surface area contributed by atoms with E-state index >= 15 is 0 Å². The third-order valence-corrected chi connectivity index (χ3v) is 3.85. The lowest BCUT2D eigenvalue weighted by Gasteiger charge is -2.26. The molecule has 0 spiro atoms. The van der Waals surface area contributed by atoms with Gasteiger partial charge in [0.1, 0.15) is 0 Å². The molecule has 0 unspecified atom stereocenters. The molecule has 1 N–H and O–H groups in total. The molecule has 0 aliphatic heterocycles. The van der Waals surface area contributed by atoms with Crippen LogP contribution in [0.1, 0.15) is 38.4 Å². The summed E-state index contributed by atoms with van der Waals surface area (Å²) in [6, 6.07) is 16.0. The zero-order valence-corrected chi connectivity index (χ0v) is 13.3. The molecule has 21 heavy (non-hydrogen) atoms. The second kappa shape index (κ2) is 7.48. The van der Waals surface area contributed by atoms with Crippen LogP contribution in [0.25, 0.3) is 0 Å². The van der Waals surface area contributed by atoms with Gasteiger partial charge in [0.15, 0.2) is 0 Å². The number of aliphatic hydroxyl groups excluding tert-OH is 1. The quantitative estimate of drug-likeness (QED) is 0.779. The van der Waals surface area contributed by atoms with Crippen LogP contribution in [-0.4, -0.2) is 11.7 Å². The summed E-state index contributed by atoms with van der Waals surface area (Å²) in [6.45, 7) is 4.85. The standard InChI is InChI=1S/C18H22ClNO/c1-3-4-12-20(16-8-6-5-7-9-16)18-11-10-15(14(2)21)13-17(18)19/h5-11,13-14,21H,3-4,12H2,1-2H3/t14-/m1/s1. The Kier molecular flexibility index (Phi) is 5.66. The smallest absolute Gasteiger partial charge is 0.0762 e. The fourth-order valence-electron chi connectivity index (χ4n) is 2.31. The van der Waals surface area contributed by atoms with Gasteiger partial charge in [0, 0.05) is 12.2 Å². The highest BCUT2D eigenvalue weighted by Crippen LogP contribution is 2.34. The largest absolute Gasteiger partial charge is 0.389 e. The first-order valence-electron chi connectivity index (χ1n) is 7.43. The van der Waals surface area contributed by atoms with Crippen LogP contribution in [0.4, 0.5) is 11.4 Å². The monoisotopic (exact) mass is 303 g/mol. The third-order valence-electron chi connectivity index (χ3n) is 3.55. The molecule has 2 rings (SSSR count). The van der Waals surface area contributed by atoms with Crippen LogP contribution in [0.15, 0.2) is 48.5 Å². The topological polar surface area (TPSA) is 23.5 Å². The third kappa shape index (κ3) is 3.99. The van der Waals surface area contributed by atoms with Gasteiger partial charge in [-0.2, -0.15) is 0 Å². The van der Waals surface area contributed by atoms with Crippen molar-refractivity contribution in [2.75, 3.05) is 11.4 Å². The molecule has 0 aromatic heterocycles. The Hall–Kier alpha value is -1.51. The molecule has 0 aliphatic carbocycles. The summed E-state index contributed by atoms with van der Waals surface area (Å²) in [4.78, 5) is 2.23. The molecule has 112 valence electrons. The van der Waals surface area contributed by atoms with Gasteiger partial charge >= 0.3 is 0 Å². The van der Waals surface area contributed by atoms with Crippen molar-refractivity contribution in [2.45, 2.75) is 32.8 Å². The predicted molar refractivity (Wildman–Crippen MR) is 90.4 cm³/mol. The molecule has 2 nitrogen and oxygen atoms in total. The first-order chi connectivity index (χ1) is 10.1. The summed E-state index contributed by atoms with van der Waals surface area (Å²) in [7, 11) is 0. The summed E-state index contributed by atoms with van der Waals surface area (Å²) < 4.78 is 0. The van der Waals surface area contributed by atoms with E-state index in [9.17, 15) is 5.11 Å². The maximum Gasteiger partial charge on any atom is 0.0762 e. The van der Waals surface area contributed by atoms with Crippen LogP contribution in [0.5, 0.6) is 0 Å². The van der Waals surface area contributed by atoms with Gasteiger partial charge in [-0.3, -0.25) is 0 Å². The van der Waals surface area contributed by atoms with Crippen LogP contribution in [0.2, 0.25) is 5.02 Å². The molecule has 0 saturated carbocycles. The van der Waals surface area contributed by atoms with Crippen LogP contribution < -0.4 is 4.90 Å². The number of rotatable bonds is 6. The lowest BCUT2D eigenvalue weighted by Crippen LogP contribution is -2.18. The molecule has 3 heteroatoms. The SMILES string of the molecule is CCCCN(c1ccccc1)c1ccc([C@@H](C)O)cc1Cl. The fraction of sp³-hybridized carbons (Fsp3) is 0.333. The predicted octanol–water partition coefficient (Wildman–Crippen LogP) is 5.33. The molecular weight excluding hydrogens is 282 g/mol. The van der Waals surface area contributed by atoms with Crippen molar-refractivity contribution in [3.63, 3.8) is 0 Å². The van der Waals surface area contributed by atoms with Crippen molar-refractivity contribution >= 4 is 23.0 Å². The van der Waals surface area contributed by atoms with E-state index in [1.165, 1.54) is 0 Å². The van der Waals surface area contributed by atoms with E-state index in [1.807, 2.05) is 36.4 Å². The number of halogens is 1. The molecule has 2 aromatic carbocycles. The minimum absolute atomic E-state index is 0.502. The number of anilines is 2. The van der Waals surface area contributed by atoms with E-state index in [1.54, 1.807) is 6.92 Å². The Balaban J connectivity index is 2.37. The normalized spacial score (nSPS) is 12.2. The maximum absolute atomic E-state index is 9.66. The molecule has 0 amide bonds. The highest BCUT2D eigenvalue weighted by molar-refractivity contribution is 6.33. The fourth-order valence-corrected chi connectivity index (χ4v) is 2.61. The average molecular weight is 304 g/mol. The van der Waals surface area contributed by atoms with Crippen LogP contribution in [0.3, 0.4) is 0 Å². The Morgan fingerprint density at radius 1 is 1.14 bits per heavy atom. The Bertz CT molecular complexity index is 569. The molecule has 2 aromatic rings. The number of nitrogens with zero attached hydrogens (tertiary/aromatic N) is 1. The van der Waals surface area contributed by atoms with Gasteiger partial charge in [0.05, 0.1) is 16.8 Å². The van der Waals surface area contributed by atoms with E-state index in [0.717, 1.165) is 36.3 Å². The van der Waals surface area contributed by atoms with Crippen LogP contribution in [0, 0.1) is 0 Å². The van der Waals surface area contributed by atoms with Gasteiger partial charge in [-0.1, -0.05) is 49.2 Å². The zero-order chi connectivity index (χ0) is 15.2. The van der Waals surface area contributed by atoms with Crippen molar-refractivity contribution in [2.24, 2.45) is 0 Å². The number of aliphatic hydroxyl groups is 1. The molecule has 0 radical (unpaired) electrons. The highest BCUT2D eigenvalue weighted by atomic mass is 35.5. The number of hydrogen-bond acceptors (Lipinski definition) is 2. The van der Waals surface area contributed by atoms with Gasteiger partial charge in [-0.15, -0.1) is 0 Å². The van der Waals surface area contributed by atoms with E-state index in [2.05, 4.69) is 24.0 Å². The van der Waals surface area contributed by atoms with Gasteiger partial charge in [-0.05, 0) is 43.2 Å². The Morgan fingerprint density at radius 2 is 1.86 bits per heavy atom. The molecule has 0 heterocycles. The van der Waals surface area contributed by atoms with E-state index in [4.69, 9.17) is 11.6 Å². The summed E-state index contributed by atoms with van der Waals surface area (Å²) in [6.07, 6.45) is 1.73. The molecular formula is C18H22ClNO. The summed E-state index contributed by atoms with van der Waals surface area (Å²) in [5.41, 5.74) is 2.96. The minimum Gasteiger partial charge on any atom is -0.389 e. The summed E-state index contributed by atoms with van der Waals surface area (Å²) in [5, 5.41) is 10.3. The van der Waals surface area contributed by atoms with Crippen LogP contribution in [-0.2, 0) is 0 Å². The van der Waals surface area contributed by atoms with E-state index < -0.39 is 6.10 Å². The first kappa shape index (κ1) is 15.9. The molecule has 1 atom stereocenters. The summed E-state index contributed by atoms with van der Waals surface area (Å²) >= 11 is 6.44. The lowest BCUT2D eigenvalue weighted by atomic mass is 10.1. The maximum atomic E-state index is 9.66. The van der Waals surface area contributed by atoms with E-state index in [0.29, 0.717) is 5.02 Å². The number of hydrogen-bond donors (Lipinski definition) is 1. The van der Waals surface area contributed by atoms with Crippen molar-refractivity contribution in [3.8, 4) is 0 Å². The van der Waals surface area contributed by atoms with Crippen molar-refractivity contribution < 1.29 is 5.11 Å². The minimum atomic E-state index is -0.502. The number of benzene rings is 2. The van der Waals surface area contributed by atoms with Gasteiger partial charge in [-0.25, -0.2) is 0 Å². The number of para-hydroxylation sites is 1. The van der Waals surface area contributed by atoms with Gasteiger partial charge in [0.2, 0.25) is 0 Å². The second-order valence-corrected chi connectivity index (χ2v) is 5.63.